The number of nitrogens with zero attached hydrogens (tertiary/aromatic N) is 2. The van der Waals surface area contributed by atoms with Crippen molar-refractivity contribution in [1.82, 2.24) is 4.90 Å². The van der Waals surface area contributed by atoms with Crippen LogP contribution in [0.4, 0.5) is 5.69 Å². The fourth-order valence-electron chi connectivity index (χ4n) is 3.77. The van der Waals surface area contributed by atoms with Crippen LogP contribution < -0.4 is 10.6 Å². The van der Waals surface area contributed by atoms with Crippen molar-refractivity contribution in [3.05, 3.63) is 29.8 Å². The molecule has 0 bridgehead atoms. The molecule has 0 radical (unpaired) electrons. The SMILES string of the molecule is CN1CCCC2CN(c3cccc(CN)c3)CCC21. The maximum atomic E-state index is 5.75. The first-order chi connectivity index (χ1) is 9.28. The van der Waals surface area contributed by atoms with E-state index in [-0.39, 0.29) is 0 Å². The minimum atomic E-state index is 0.635. The number of likely N-dealkylation sites (tertiary alicyclic amines) is 1. The van der Waals surface area contributed by atoms with Gasteiger partial charge < -0.3 is 15.5 Å². The number of hydrogen-bond acceptors (Lipinski definition) is 3. The lowest BCUT2D eigenvalue weighted by atomic mass is 9.84. The highest BCUT2D eigenvalue weighted by Gasteiger charge is 2.34. The van der Waals surface area contributed by atoms with Gasteiger partial charge in [0, 0.05) is 31.4 Å². The van der Waals surface area contributed by atoms with Crippen LogP contribution in [0.1, 0.15) is 24.8 Å². The van der Waals surface area contributed by atoms with E-state index in [4.69, 9.17) is 5.73 Å². The first-order valence-electron chi connectivity index (χ1n) is 7.52. The highest BCUT2D eigenvalue weighted by atomic mass is 15.2. The maximum absolute atomic E-state index is 5.75. The van der Waals surface area contributed by atoms with Gasteiger partial charge in [-0.1, -0.05) is 12.1 Å². The molecule has 0 amide bonds. The number of piperidine rings is 2. The molecular weight excluding hydrogens is 234 g/mol. The Labute approximate surface area is 116 Å². The molecule has 3 nitrogen and oxygen atoms in total. The van der Waals surface area contributed by atoms with Crippen LogP contribution in [-0.2, 0) is 6.54 Å². The number of anilines is 1. The van der Waals surface area contributed by atoms with Crippen molar-refractivity contribution in [2.24, 2.45) is 11.7 Å². The third-order valence-corrected chi connectivity index (χ3v) is 4.86. The fraction of sp³-hybridized carbons (Fsp3) is 0.625. The molecule has 1 aromatic rings. The van der Waals surface area contributed by atoms with Gasteiger partial charge in [0.15, 0.2) is 0 Å². The van der Waals surface area contributed by atoms with E-state index in [1.165, 1.54) is 50.1 Å². The van der Waals surface area contributed by atoms with E-state index in [1.807, 2.05) is 0 Å². The summed E-state index contributed by atoms with van der Waals surface area (Å²) in [5, 5.41) is 0. The van der Waals surface area contributed by atoms with Crippen LogP contribution in [0, 0.1) is 5.92 Å². The smallest absolute Gasteiger partial charge is 0.0369 e. The molecule has 104 valence electrons. The minimum absolute atomic E-state index is 0.635. The molecule has 0 spiro atoms. The molecule has 2 aliphatic heterocycles. The van der Waals surface area contributed by atoms with Gasteiger partial charge in [-0.3, -0.25) is 0 Å². The summed E-state index contributed by atoms with van der Waals surface area (Å²) in [6.45, 7) is 4.31. The van der Waals surface area contributed by atoms with E-state index in [0.717, 1.165) is 12.0 Å². The maximum Gasteiger partial charge on any atom is 0.0369 e. The van der Waals surface area contributed by atoms with Gasteiger partial charge in [0.2, 0.25) is 0 Å². The van der Waals surface area contributed by atoms with Gasteiger partial charge >= 0.3 is 0 Å². The third kappa shape index (κ3) is 2.63. The molecule has 2 saturated heterocycles. The minimum Gasteiger partial charge on any atom is -0.371 e. The summed E-state index contributed by atoms with van der Waals surface area (Å²) in [6, 6.07) is 9.54. The lowest BCUT2D eigenvalue weighted by molar-refractivity contribution is 0.102. The van der Waals surface area contributed by atoms with Crippen molar-refractivity contribution in [2.75, 3.05) is 31.6 Å². The zero-order chi connectivity index (χ0) is 13.2. The van der Waals surface area contributed by atoms with Crippen molar-refractivity contribution in [3.8, 4) is 0 Å². The van der Waals surface area contributed by atoms with Crippen molar-refractivity contribution in [3.63, 3.8) is 0 Å². The number of fused-ring (bicyclic) bond motifs is 1. The number of benzene rings is 1. The molecule has 3 heteroatoms. The van der Waals surface area contributed by atoms with Crippen molar-refractivity contribution in [2.45, 2.75) is 31.8 Å². The van der Waals surface area contributed by atoms with Crippen molar-refractivity contribution < 1.29 is 0 Å². The summed E-state index contributed by atoms with van der Waals surface area (Å²) in [6.07, 6.45) is 4.05. The molecule has 3 rings (SSSR count). The van der Waals surface area contributed by atoms with Crippen LogP contribution in [0.3, 0.4) is 0 Å². The third-order valence-electron chi connectivity index (χ3n) is 4.86. The molecule has 2 unspecified atom stereocenters. The second kappa shape index (κ2) is 5.51. The molecule has 2 fully saturated rings. The monoisotopic (exact) mass is 259 g/mol. The number of rotatable bonds is 2. The molecule has 2 aliphatic rings. The lowest BCUT2D eigenvalue weighted by Gasteiger charge is -2.46. The normalized spacial score (nSPS) is 28.2. The Hall–Kier alpha value is -1.06. The second-order valence-corrected chi connectivity index (χ2v) is 6.06. The van der Waals surface area contributed by atoms with E-state index in [9.17, 15) is 0 Å². The Morgan fingerprint density at radius 2 is 2.16 bits per heavy atom. The van der Waals surface area contributed by atoms with Gasteiger partial charge in [-0.15, -0.1) is 0 Å². The standard InChI is InChI=1S/C16H25N3/c1-18-8-3-5-14-12-19(9-7-16(14)18)15-6-2-4-13(10-15)11-17/h2,4,6,10,14,16H,3,5,7-9,11-12,17H2,1H3. The molecule has 2 atom stereocenters. The molecule has 2 N–H and O–H groups in total. The zero-order valence-electron chi connectivity index (χ0n) is 11.9. The Balaban J connectivity index is 1.73. The quantitative estimate of drug-likeness (QED) is 0.882. The molecular formula is C16H25N3. The van der Waals surface area contributed by atoms with E-state index >= 15 is 0 Å². The Bertz CT molecular complexity index is 432. The Morgan fingerprint density at radius 1 is 1.26 bits per heavy atom. The molecule has 0 aromatic heterocycles. The van der Waals surface area contributed by atoms with Crippen LogP contribution in [0.15, 0.2) is 24.3 Å². The molecule has 0 aliphatic carbocycles. The summed E-state index contributed by atoms with van der Waals surface area (Å²) in [4.78, 5) is 5.13. The van der Waals surface area contributed by atoms with Gasteiger partial charge in [0.1, 0.15) is 0 Å². The van der Waals surface area contributed by atoms with Crippen LogP contribution in [-0.4, -0.2) is 37.6 Å². The Kier molecular flexibility index (Phi) is 3.76. The van der Waals surface area contributed by atoms with Crippen molar-refractivity contribution in [1.29, 1.82) is 0 Å². The average molecular weight is 259 g/mol. The number of hydrogen-bond donors (Lipinski definition) is 1. The number of nitrogens with two attached hydrogens (primary N) is 1. The predicted molar refractivity (Wildman–Crippen MR) is 80.3 cm³/mol. The zero-order valence-corrected chi connectivity index (χ0v) is 11.9. The molecule has 19 heavy (non-hydrogen) atoms. The van der Waals surface area contributed by atoms with E-state index in [0.29, 0.717) is 6.54 Å². The first-order valence-corrected chi connectivity index (χ1v) is 7.52. The molecule has 0 saturated carbocycles. The van der Waals surface area contributed by atoms with E-state index in [1.54, 1.807) is 0 Å². The van der Waals surface area contributed by atoms with Gasteiger partial charge in [-0.05, 0) is 56.5 Å². The fourth-order valence-corrected chi connectivity index (χ4v) is 3.77. The van der Waals surface area contributed by atoms with Crippen LogP contribution in [0.2, 0.25) is 0 Å². The van der Waals surface area contributed by atoms with E-state index in [2.05, 4.69) is 41.1 Å². The van der Waals surface area contributed by atoms with Gasteiger partial charge in [-0.25, -0.2) is 0 Å². The van der Waals surface area contributed by atoms with Gasteiger partial charge in [-0.2, -0.15) is 0 Å². The summed E-state index contributed by atoms with van der Waals surface area (Å²) >= 11 is 0. The summed E-state index contributed by atoms with van der Waals surface area (Å²) in [5.74, 6) is 0.842. The van der Waals surface area contributed by atoms with Crippen LogP contribution >= 0.6 is 0 Å². The van der Waals surface area contributed by atoms with Gasteiger partial charge in [0.05, 0.1) is 0 Å². The Morgan fingerprint density at radius 3 is 3.00 bits per heavy atom. The van der Waals surface area contributed by atoms with Gasteiger partial charge in [0.25, 0.3) is 0 Å². The predicted octanol–water partition coefficient (Wildman–Crippen LogP) is 2.07. The molecule has 1 aromatic carbocycles. The first kappa shape index (κ1) is 12.9. The van der Waals surface area contributed by atoms with E-state index < -0.39 is 0 Å². The average Bonchev–Trinajstić information content (AvgIpc) is 2.47. The second-order valence-electron chi connectivity index (χ2n) is 6.06. The van der Waals surface area contributed by atoms with Crippen LogP contribution in [0.25, 0.3) is 0 Å². The summed E-state index contributed by atoms with van der Waals surface area (Å²) in [7, 11) is 2.29. The summed E-state index contributed by atoms with van der Waals surface area (Å²) in [5.41, 5.74) is 8.34. The highest BCUT2D eigenvalue weighted by molar-refractivity contribution is 5.49. The topological polar surface area (TPSA) is 32.5 Å². The lowest BCUT2D eigenvalue weighted by Crippen LogP contribution is -2.52. The van der Waals surface area contributed by atoms with Crippen molar-refractivity contribution >= 4 is 5.69 Å². The highest BCUT2D eigenvalue weighted by Crippen LogP contribution is 2.32. The largest absolute Gasteiger partial charge is 0.371 e. The summed E-state index contributed by atoms with van der Waals surface area (Å²) < 4.78 is 0. The van der Waals surface area contributed by atoms with Crippen LogP contribution in [0.5, 0.6) is 0 Å². The molecule has 2 heterocycles.